The molecule has 1 unspecified atom stereocenters. The number of hydrogen-bond donors (Lipinski definition) is 0. The molecule has 0 N–H and O–H groups in total. The van der Waals surface area contributed by atoms with Crippen LogP contribution in [0.2, 0.25) is 0 Å². The molecular weight excluding hydrogens is 254 g/mol. The van der Waals surface area contributed by atoms with Gasteiger partial charge in [0.05, 0.1) is 11.4 Å². The van der Waals surface area contributed by atoms with E-state index < -0.39 is 5.60 Å². The summed E-state index contributed by atoms with van der Waals surface area (Å²) in [6.07, 6.45) is 5.22. The van der Waals surface area contributed by atoms with Gasteiger partial charge in [-0.3, -0.25) is 9.97 Å². The van der Waals surface area contributed by atoms with Crippen LogP contribution in [0.4, 0.5) is 4.79 Å². The quantitative estimate of drug-likeness (QED) is 0.833. The molecule has 1 atom stereocenters. The Hall–Kier alpha value is -1.65. The molecule has 1 aromatic rings. The molecule has 2 rings (SSSR count). The van der Waals surface area contributed by atoms with E-state index in [0.29, 0.717) is 5.92 Å². The summed E-state index contributed by atoms with van der Waals surface area (Å²) in [5.41, 5.74) is 1.50. The summed E-state index contributed by atoms with van der Waals surface area (Å²) < 4.78 is 5.40. The lowest BCUT2D eigenvalue weighted by Crippen LogP contribution is -2.35. The lowest BCUT2D eigenvalue weighted by molar-refractivity contribution is 0.0288. The maximum absolute atomic E-state index is 12.0. The summed E-state index contributed by atoms with van der Waals surface area (Å²) in [7, 11) is 0. The van der Waals surface area contributed by atoms with Crippen molar-refractivity contribution in [3.05, 3.63) is 23.8 Å². The molecule has 0 bridgehead atoms. The number of aryl methyl sites for hydroxylation is 1. The van der Waals surface area contributed by atoms with Gasteiger partial charge in [0.1, 0.15) is 5.60 Å². The van der Waals surface area contributed by atoms with Gasteiger partial charge in [0, 0.05) is 25.5 Å². The molecule has 1 fully saturated rings. The van der Waals surface area contributed by atoms with Crippen molar-refractivity contribution in [1.82, 2.24) is 14.9 Å². The number of aromatic nitrogens is 2. The number of rotatable bonds is 2. The Labute approximate surface area is 120 Å². The number of carbonyl (C=O) groups is 1. The van der Waals surface area contributed by atoms with Crippen LogP contribution >= 0.6 is 0 Å². The van der Waals surface area contributed by atoms with Crippen molar-refractivity contribution >= 4 is 6.09 Å². The smallest absolute Gasteiger partial charge is 0.410 e. The summed E-state index contributed by atoms with van der Waals surface area (Å²) in [5, 5.41) is 0. The van der Waals surface area contributed by atoms with Gasteiger partial charge in [-0.2, -0.15) is 0 Å². The second-order valence-electron chi connectivity index (χ2n) is 6.44. The summed E-state index contributed by atoms with van der Waals surface area (Å²) in [5.74, 6) is 0.443. The minimum atomic E-state index is -0.433. The normalized spacial score (nSPS) is 19.2. The molecule has 1 aromatic heterocycles. The van der Waals surface area contributed by atoms with Crippen LogP contribution < -0.4 is 0 Å². The average molecular weight is 277 g/mol. The van der Waals surface area contributed by atoms with E-state index in [-0.39, 0.29) is 6.09 Å². The van der Waals surface area contributed by atoms with E-state index in [2.05, 4.69) is 9.97 Å². The highest BCUT2D eigenvalue weighted by Gasteiger charge is 2.29. The fourth-order valence-corrected chi connectivity index (χ4v) is 2.40. The number of carbonyl (C=O) groups excluding carboxylic acids is 1. The van der Waals surface area contributed by atoms with Crippen molar-refractivity contribution < 1.29 is 9.53 Å². The van der Waals surface area contributed by atoms with E-state index >= 15 is 0 Å². The fraction of sp³-hybridized carbons (Fsp3) is 0.667. The minimum absolute atomic E-state index is 0.213. The summed E-state index contributed by atoms with van der Waals surface area (Å²) >= 11 is 0. The molecule has 5 heteroatoms. The van der Waals surface area contributed by atoms with Gasteiger partial charge in [-0.25, -0.2) is 4.79 Å². The molecule has 2 heterocycles. The van der Waals surface area contributed by atoms with Gasteiger partial charge in [0.25, 0.3) is 0 Å². The molecule has 0 saturated carbocycles. The molecule has 20 heavy (non-hydrogen) atoms. The van der Waals surface area contributed by atoms with Crippen LogP contribution in [0.25, 0.3) is 0 Å². The molecule has 1 saturated heterocycles. The summed E-state index contributed by atoms with van der Waals surface area (Å²) in [6.45, 7) is 9.11. The second-order valence-corrected chi connectivity index (χ2v) is 6.44. The van der Waals surface area contributed by atoms with Crippen LogP contribution in [0, 0.1) is 12.8 Å². The Morgan fingerprint density at radius 1 is 1.45 bits per heavy atom. The zero-order valence-corrected chi connectivity index (χ0v) is 12.7. The van der Waals surface area contributed by atoms with E-state index in [4.69, 9.17) is 4.74 Å². The monoisotopic (exact) mass is 277 g/mol. The molecule has 0 spiro atoms. The van der Waals surface area contributed by atoms with Gasteiger partial charge in [0.15, 0.2) is 0 Å². The van der Waals surface area contributed by atoms with Crippen molar-refractivity contribution in [3.63, 3.8) is 0 Å². The van der Waals surface area contributed by atoms with E-state index in [9.17, 15) is 4.79 Å². The first-order valence-electron chi connectivity index (χ1n) is 7.09. The lowest BCUT2D eigenvalue weighted by atomic mass is 10.0. The van der Waals surface area contributed by atoms with Crippen LogP contribution in [-0.2, 0) is 11.2 Å². The van der Waals surface area contributed by atoms with Crippen LogP contribution in [-0.4, -0.2) is 39.7 Å². The Kier molecular flexibility index (Phi) is 4.26. The maximum atomic E-state index is 12.0. The number of hydrogen-bond acceptors (Lipinski definition) is 4. The van der Waals surface area contributed by atoms with Crippen molar-refractivity contribution in [2.75, 3.05) is 13.1 Å². The first-order valence-corrected chi connectivity index (χ1v) is 7.09. The van der Waals surface area contributed by atoms with Gasteiger partial charge in [-0.1, -0.05) is 0 Å². The maximum Gasteiger partial charge on any atom is 0.410 e. The molecule has 0 radical (unpaired) electrons. The Balaban J connectivity index is 1.88. The van der Waals surface area contributed by atoms with Crippen molar-refractivity contribution in [3.8, 4) is 0 Å². The minimum Gasteiger partial charge on any atom is -0.444 e. The zero-order valence-electron chi connectivity index (χ0n) is 12.7. The summed E-state index contributed by atoms with van der Waals surface area (Å²) in [4.78, 5) is 22.4. The number of nitrogens with zero attached hydrogens (tertiary/aromatic N) is 3. The van der Waals surface area contributed by atoms with Crippen molar-refractivity contribution in [1.29, 1.82) is 0 Å². The van der Waals surface area contributed by atoms with E-state index in [0.717, 1.165) is 37.3 Å². The first-order chi connectivity index (χ1) is 9.33. The SMILES string of the molecule is Cc1cncc(CC2CCN(C(=O)OC(C)(C)C)C2)n1. The number of ether oxygens (including phenoxy) is 1. The predicted molar refractivity (Wildman–Crippen MR) is 76.4 cm³/mol. The van der Waals surface area contributed by atoms with Crippen molar-refractivity contribution in [2.24, 2.45) is 5.92 Å². The third-order valence-electron chi connectivity index (χ3n) is 3.24. The number of likely N-dealkylation sites (tertiary alicyclic amines) is 1. The van der Waals surface area contributed by atoms with Crippen LogP contribution in [0.3, 0.4) is 0 Å². The zero-order chi connectivity index (χ0) is 14.8. The summed E-state index contributed by atoms with van der Waals surface area (Å²) in [6, 6.07) is 0. The van der Waals surface area contributed by atoms with Crippen LogP contribution in [0.1, 0.15) is 38.6 Å². The lowest BCUT2D eigenvalue weighted by Gasteiger charge is -2.24. The van der Waals surface area contributed by atoms with E-state index in [1.165, 1.54) is 0 Å². The molecule has 0 aliphatic carbocycles. The van der Waals surface area contributed by atoms with Gasteiger partial charge in [0.2, 0.25) is 0 Å². The molecule has 110 valence electrons. The Morgan fingerprint density at radius 3 is 2.85 bits per heavy atom. The molecule has 5 nitrogen and oxygen atoms in total. The van der Waals surface area contributed by atoms with Crippen LogP contribution in [0.5, 0.6) is 0 Å². The third-order valence-corrected chi connectivity index (χ3v) is 3.24. The van der Waals surface area contributed by atoms with Crippen LogP contribution in [0.15, 0.2) is 12.4 Å². The highest BCUT2D eigenvalue weighted by molar-refractivity contribution is 5.68. The molecule has 1 amide bonds. The van der Waals surface area contributed by atoms with Gasteiger partial charge in [-0.05, 0) is 46.5 Å². The molecule has 1 aliphatic heterocycles. The Morgan fingerprint density at radius 2 is 2.20 bits per heavy atom. The highest BCUT2D eigenvalue weighted by atomic mass is 16.6. The number of amides is 1. The van der Waals surface area contributed by atoms with Gasteiger partial charge < -0.3 is 9.64 Å². The first kappa shape index (κ1) is 14.8. The molecule has 1 aliphatic rings. The molecular formula is C15H23N3O2. The average Bonchev–Trinajstić information content (AvgIpc) is 2.75. The second kappa shape index (κ2) is 5.77. The highest BCUT2D eigenvalue weighted by Crippen LogP contribution is 2.22. The van der Waals surface area contributed by atoms with E-state index in [1.807, 2.05) is 33.9 Å². The Bertz CT molecular complexity index is 482. The standard InChI is InChI=1S/C15H23N3O2/c1-11-8-16-9-13(17-11)7-12-5-6-18(10-12)14(19)20-15(2,3)4/h8-9,12H,5-7,10H2,1-4H3. The molecule has 0 aromatic carbocycles. The van der Waals surface area contributed by atoms with Crippen molar-refractivity contribution in [2.45, 2.75) is 46.1 Å². The largest absolute Gasteiger partial charge is 0.444 e. The predicted octanol–water partition coefficient (Wildman–Crippen LogP) is 2.58. The van der Waals surface area contributed by atoms with E-state index in [1.54, 1.807) is 11.1 Å². The van der Waals surface area contributed by atoms with Gasteiger partial charge in [-0.15, -0.1) is 0 Å². The third kappa shape index (κ3) is 4.18. The van der Waals surface area contributed by atoms with Gasteiger partial charge >= 0.3 is 6.09 Å². The topological polar surface area (TPSA) is 55.3 Å². The fourth-order valence-electron chi connectivity index (χ4n) is 2.40.